The molecule has 2 aromatic carbocycles. The maximum absolute atomic E-state index is 13.3. The Labute approximate surface area is 188 Å². The fraction of sp³-hybridized carbons (Fsp3) is 0.417. The zero-order chi connectivity index (χ0) is 21.8. The molecule has 164 valence electrons. The quantitative estimate of drug-likeness (QED) is 0.761. The Morgan fingerprint density at radius 3 is 2.55 bits per heavy atom. The fourth-order valence-electron chi connectivity index (χ4n) is 4.16. The number of fused-ring (bicyclic) bond motifs is 1. The molecule has 1 N–H and O–H groups in total. The topological polar surface area (TPSA) is 61.9 Å². The minimum absolute atomic E-state index is 0.00743. The Morgan fingerprint density at radius 2 is 1.81 bits per heavy atom. The first-order valence-electron chi connectivity index (χ1n) is 10.9. The molecule has 3 amide bonds. The van der Waals surface area contributed by atoms with Crippen LogP contribution in [0.1, 0.15) is 31.7 Å². The third-order valence-corrected chi connectivity index (χ3v) is 6.44. The molecule has 2 aromatic rings. The van der Waals surface area contributed by atoms with E-state index in [1.165, 1.54) is 0 Å². The van der Waals surface area contributed by atoms with Gasteiger partial charge in [-0.15, -0.1) is 0 Å². The van der Waals surface area contributed by atoms with Crippen molar-refractivity contribution in [3.63, 3.8) is 0 Å². The predicted molar refractivity (Wildman–Crippen MR) is 121 cm³/mol. The summed E-state index contributed by atoms with van der Waals surface area (Å²) in [5.41, 5.74) is 1.72. The monoisotopic (exact) mass is 441 g/mol. The van der Waals surface area contributed by atoms with Crippen molar-refractivity contribution in [1.29, 1.82) is 0 Å². The van der Waals surface area contributed by atoms with Gasteiger partial charge in [-0.2, -0.15) is 0 Å². The number of amides is 3. The molecule has 1 fully saturated rings. The van der Waals surface area contributed by atoms with Gasteiger partial charge in [0.25, 0.3) is 0 Å². The van der Waals surface area contributed by atoms with Crippen LogP contribution < -0.4 is 15.0 Å². The standard InChI is InChI=1S/C24H28ClN3O3/c1-2-19-16-28(21-9-5-6-10-22(21)31-19)24(30)27-13-11-17(12-14-27)23(29)26-15-18-7-3-4-8-20(18)25/h3-10,17,19H,2,11-16H2,1H3,(H,26,29)/t19-/m1/s1. The lowest BCUT2D eigenvalue weighted by atomic mass is 9.96. The van der Waals surface area contributed by atoms with Gasteiger partial charge in [-0.3, -0.25) is 9.69 Å². The van der Waals surface area contributed by atoms with Crippen LogP contribution in [0.2, 0.25) is 5.02 Å². The first kappa shape index (κ1) is 21.5. The van der Waals surface area contributed by atoms with Crippen molar-refractivity contribution in [2.24, 2.45) is 5.92 Å². The first-order valence-corrected chi connectivity index (χ1v) is 11.3. The van der Waals surface area contributed by atoms with E-state index in [9.17, 15) is 9.59 Å². The number of nitrogens with zero attached hydrogens (tertiary/aromatic N) is 2. The molecular weight excluding hydrogens is 414 g/mol. The summed E-state index contributed by atoms with van der Waals surface area (Å²) < 4.78 is 5.99. The van der Waals surface area contributed by atoms with Crippen molar-refractivity contribution >= 4 is 29.2 Å². The number of carbonyl (C=O) groups excluding carboxylic acids is 2. The number of hydrogen-bond acceptors (Lipinski definition) is 3. The molecule has 0 spiro atoms. The summed E-state index contributed by atoms with van der Waals surface area (Å²) in [5, 5.41) is 3.64. The summed E-state index contributed by atoms with van der Waals surface area (Å²) in [4.78, 5) is 29.6. The molecule has 6 nitrogen and oxygen atoms in total. The Morgan fingerprint density at radius 1 is 1.10 bits per heavy atom. The number of likely N-dealkylation sites (tertiary alicyclic amines) is 1. The number of hydrogen-bond donors (Lipinski definition) is 1. The molecule has 1 saturated heterocycles. The van der Waals surface area contributed by atoms with Crippen LogP contribution in [0.3, 0.4) is 0 Å². The van der Waals surface area contributed by atoms with Crippen molar-refractivity contribution in [2.75, 3.05) is 24.5 Å². The second-order valence-electron chi connectivity index (χ2n) is 8.08. The summed E-state index contributed by atoms with van der Waals surface area (Å²) in [6.45, 7) is 4.16. The molecule has 0 unspecified atom stereocenters. The number of benzene rings is 2. The Kier molecular flexibility index (Phi) is 6.66. The second-order valence-corrected chi connectivity index (χ2v) is 8.49. The molecule has 0 aromatic heterocycles. The van der Waals surface area contributed by atoms with Gasteiger partial charge in [0.05, 0.1) is 12.2 Å². The van der Waals surface area contributed by atoms with Gasteiger partial charge in [-0.25, -0.2) is 4.79 Å². The summed E-state index contributed by atoms with van der Waals surface area (Å²) in [5.74, 6) is 0.685. The predicted octanol–water partition coefficient (Wildman–Crippen LogP) is 4.47. The number of rotatable bonds is 4. The number of halogens is 1. The summed E-state index contributed by atoms with van der Waals surface area (Å²) >= 11 is 6.17. The number of urea groups is 1. The molecule has 31 heavy (non-hydrogen) atoms. The molecule has 0 aliphatic carbocycles. The zero-order valence-electron chi connectivity index (χ0n) is 17.7. The van der Waals surface area contributed by atoms with E-state index in [0.29, 0.717) is 44.0 Å². The summed E-state index contributed by atoms with van der Waals surface area (Å²) in [6.07, 6.45) is 2.14. The normalized spacial score (nSPS) is 18.8. The molecule has 1 atom stereocenters. The molecular formula is C24H28ClN3O3. The smallest absolute Gasteiger partial charge is 0.324 e. The van der Waals surface area contributed by atoms with Crippen LogP contribution in [0, 0.1) is 5.92 Å². The number of ether oxygens (including phenoxy) is 1. The molecule has 2 aliphatic rings. The van der Waals surface area contributed by atoms with Gasteiger partial charge in [0.2, 0.25) is 5.91 Å². The van der Waals surface area contributed by atoms with Gasteiger partial charge in [0, 0.05) is 30.6 Å². The first-order chi connectivity index (χ1) is 15.1. The average Bonchev–Trinajstić information content (AvgIpc) is 2.82. The van der Waals surface area contributed by atoms with Crippen LogP contribution in [0.4, 0.5) is 10.5 Å². The number of carbonyl (C=O) groups is 2. The molecule has 0 radical (unpaired) electrons. The molecule has 0 bridgehead atoms. The third kappa shape index (κ3) is 4.79. The van der Waals surface area contributed by atoms with Gasteiger partial charge >= 0.3 is 6.03 Å². The lowest BCUT2D eigenvalue weighted by Crippen LogP contribution is -2.52. The van der Waals surface area contributed by atoms with Crippen molar-refractivity contribution in [2.45, 2.75) is 38.8 Å². The highest BCUT2D eigenvalue weighted by Crippen LogP contribution is 2.35. The minimum Gasteiger partial charge on any atom is -0.486 e. The summed E-state index contributed by atoms with van der Waals surface area (Å²) in [7, 11) is 0. The lowest BCUT2D eigenvalue weighted by Gasteiger charge is -2.39. The van der Waals surface area contributed by atoms with Gasteiger partial charge in [-0.05, 0) is 43.0 Å². The van der Waals surface area contributed by atoms with Crippen molar-refractivity contribution in [3.8, 4) is 5.75 Å². The van der Waals surface area contributed by atoms with Gasteiger partial charge in [0.15, 0.2) is 0 Å². The van der Waals surface area contributed by atoms with E-state index in [0.717, 1.165) is 23.4 Å². The Balaban J connectivity index is 1.34. The molecule has 4 rings (SSSR count). The fourth-order valence-corrected chi connectivity index (χ4v) is 4.37. The molecule has 7 heteroatoms. The second kappa shape index (κ2) is 9.60. The number of nitrogens with one attached hydrogen (secondary N) is 1. The van der Waals surface area contributed by atoms with Crippen LogP contribution in [-0.4, -0.2) is 42.6 Å². The van der Waals surface area contributed by atoms with Gasteiger partial charge in [-0.1, -0.05) is 48.9 Å². The van der Waals surface area contributed by atoms with Gasteiger partial charge in [0.1, 0.15) is 11.9 Å². The SMILES string of the molecule is CC[C@@H]1CN(C(=O)N2CCC(C(=O)NCc3ccccc3Cl)CC2)c2ccccc2O1. The van der Waals surface area contributed by atoms with Crippen molar-refractivity contribution in [1.82, 2.24) is 10.2 Å². The van der Waals surface area contributed by atoms with Crippen LogP contribution in [0.15, 0.2) is 48.5 Å². The lowest BCUT2D eigenvalue weighted by molar-refractivity contribution is -0.126. The number of anilines is 1. The van der Waals surface area contributed by atoms with Crippen molar-refractivity contribution < 1.29 is 14.3 Å². The Hall–Kier alpha value is -2.73. The van der Waals surface area contributed by atoms with Crippen LogP contribution >= 0.6 is 11.6 Å². The number of piperidine rings is 1. The van der Waals surface area contributed by atoms with E-state index in [1.807, 2.05) is 58.3 Å². The van der Waals surface area contributed by atoms with Crippen LogP contribution in [-0.2, 0) is 11.3 Å². The summed E-state index contributed by atoms with van der Waals surface area (Å²) in [6, 6.07) is 15.2. The van der Waals surface area contributed by atoms with E-state index >= 15 is 0 Å². The highest BCUT2D eigenvalue weighted by Gasteiger charge is 2.34. The third-order valence-electron chi connectivity index (χ3n) is 6.07. The van der Waals surface area contributed by atoms with E-state index in [1.54, 1.807) is 0 Å². The van der Waals surface area contributed by atoms with E-state index in [-0.39, 0.29) is 24.0 Å². The van der Waals surface area contributed by atoms with E-state index < -0.39 is 0 Å². The molecule has 2 heterocycles. The van der Waals surface area contributed by atoms with Crippen LogP contribution in [0.5, 0.6) is 5.75 Å². The Bertz CT molecular complexity index is 943. The van der Waals surface area contributed by atoms with Crippen molar-refractivity contribution in [3.05, 3.63) is 59.1 Å². The zero-order valence-corrected chi connectivity index (χ0v) is 18.5. The van der Waals surface area contributed by atoms with E-state index in [4.69, 9.17) is 16.3 Å². The maximum Gasteiger partial charge on any atom is 0.324 e. The average molecular weight is 442 g/mol. The van der Waals surface area contributed by atoms with E-state index in [2.05, 4.69) is 12.2 Å². The largest absolute Gasteiger partial charge is 0.486 e. The maximum atomic E-state index is 13.3. The molecule has 2 aliphatic heterocycles. The van der Waals surface area contributed by atoms with Crippen LogP contribution in [0.25, 0.3) is 0 Å². The number of para-hydroxylation sites is 2. The highest BCUT2D eigenvalue weighted by molar-refractivity contribution is 6.31. The molecule has 0 saturated carbocycles. The highest BCUT2D eigenvalue weighted by atomic mass is 35.5. The minimum atomic E-state index is -0.0908. The van der Waals surface area contributed by atoms with Gasteiger partial charge < -0.3 is 15.0 Å².